The zero-order valence-electron chi connectivity index (χ0n) is 14.3. The van der Waals surface area contributed by atoms with Crippen molar-refractivity contribution in [3.63, 3.8) is 0 Å². The quantitative estimate of drug-likeness (QED) is 0.852. The van der Waals surface area contributed by atoms with Crippen LogP contribution in [0.2, 0.25) is 0 Å². The molecule has 0 aromatic heterocycles. The Balaban J connectivity index is 1.69. The van der Waals surface area contributed by atoms with Gasteiger partial charge in [-0.2, -0.15) is 5.26 Å². The highest BCUT2D eigenvalue weighted by Gasteiger charge is 2.14. The normalized spacial score (nSPS) is 13.6. The second-order valence-corrected chi connectivity index (χ2v) is 6.21. The van der Waals surface area contributed by atoms with Crippen LogP contribution in [0.4, 0.5) is 5.69 Å². The maximum absolute atomic E-state index is 12.5. The molecule has 0 fully saturated rings. The summed E-state index contributed by atoms with van der Waals surface area (Å²) in [5.74, 6) is 0.421. The molecule has 0 radical (unpaired) electrons. The molecule has 0 atom stereocenters. The minimum absolute atomic E-state index is 0.171. The van der Waals surface area contributed by atoms with Crippen LogP contribution in [-0.2, 0) is 13.0 Å². The van der Waals surface area contributed by atoms with Crippen LogP contribution in [0.1, 0.15) is 27.9 Å². The largest absolute Gasteiger partial charge is 0.492 e. The van der Waals surface area contributed by atoms with Crippen molar-refractivity contribution in [3.8, 4) is 11.8 Å². The number of fused-ring (bicyclic) bond motifs is 1. The van der Waals surface area contributed by atoms with Gasteiger partial charge in [0, 0.05) is 24.3 Å². The Labute approximate surface area is 147 Å². The van der Waals surface area contributed by atoms with Crippen molar-refractivity contribution in [1.82, 2.24) is 4.90 Å². The van der Waals surface area contributed by atoms with Crippen molar-refractivity contribution < 1.29 is 9.53 Å². The number of anilines is 1. The van der Waals surface area contributed by atoms with E-state index in [0.717, 1.165) is 25.2 Å². The van der Waals surface area contributed by atoms with Crippen molar-refractivity contribution in [2.24, 2.45) is 0 Å². The maximum atomic E-state index is 12.5. The van der Waals surface area contributed by atoms with Crippen LogP contribution in [0.15, 0.2) is 42.5 Å². The molecule has 1 aliphatic heterocycles. The summed E-state index contributed by atoms with van der Waals surface area (Å²) in [6.07, 6.45) is 1.36. The van der Waals surface area contributed by atoms with E-state index in [-0.39, 0.29) is 5.91 Å². The summed E-state index contributed by atoms with van der Waals surface area (Å²) in [6, 6.07) is 15.1. The number of carbonyl (C=O) groups is 1. The molecule has 3 rings (SSSR count). The summed E-state index contributed by atoms with van der Waals surface area (Å²) >= 11 is 0. The van der Waals surface area contributed by atoms with E-state index >= 15 is 0 Å². The third-order valence-electron chi connectivity index (χ3n) is 4.25. The highest BCUT2D eigenvalue weighted by molar-refractivity contribution is 6.04. The molecule has 0 saturated heterocycles. The first-order chi connectivity index (χ1) is 12.2. The molecule has 0 aliphatic carbocycles. The minimum Gasteiger partial charge on any atom is -0.492 e. The van der Waals surface area contributed by atoms with E-state index < -0.39 is 0 Å². The highest BCUT2D eigenvalue weighted by atomic mass is 16.5. The van der Waals surface area contributed by atoms with Crippen LogP contribution < -0.4 is 10.1 Å². The number of benzene rings is 2. The van der Waals surface area contributed by atoms with Gasteiger partial charge in [-0.15, -0.1) is 0 Å². The Morgan fingerprint density at radius 1 is 1.28 bits per heavy atom. The molecule has 5 nitrogen and oxygen atoms in total. The summed E-state index contributed by atoms with van der Waals surface area (Å²) < 4.78 is 5.47. The monoisotopic (exact) mass is 335 g/mol. The molecular weight excluding hydrogens is 314 g/mol. The van der Waals surface area contributed by atoms with E-state index in [4.69, 9.17) is 10.00 Å². The number of rotatable bonds is 5. The molecular formula is C20H21N3O2. The number of nitrogens with one attached hydrogen (secondary N) is 1. The lowest BCUT2D eigenvalue weighted by Gasteiger charge is -2.25. The van der Waals surface area contributed by atoms with E-state index in [1.165, 1.54) is 11.1 Å². The molecule has 1 N–H and O–H groups in total. The van der Waals surface area contributed by atoms with Gasteiger partial charge in [-0.3, -0.25) is 4.79 Å². The van der Waals surface area contributed by atoms with Gasteiger partial charge in [0.25, 0.3) is 5.91 Å². The van der Waals surface area contributed by atoms with Crippen molar-refractivity contribution >= 4 is 11.6 Å². The Morgan fingerprint density at radius 2 is 2.16 bits per heavy atom. The zero-order valence-corrected chi connectivity index (χ0v) is 14.3. The maximum Gasteiger partial charge on any atom is 0.255 e. The van der Waals surface area contributed by atoms with E-state index in [0.29, 0.717) is 24.3 Å². The molecule has 1 heterocycles. The number of carbonyl (C=O) groups excluding carboxylic acids is 1. The standard InChI is InChI=1S/C20H21N3O2/c1-23-10-8-15-6-7-18(12-17(15)14-23)22-20(24)16-4-2-5-19(13-16)25-11-3-9-21/h2,4-7,12-13H,3,8,10-11,14H2,1H3,(H,22,24). The average molecular weight is 335 g/mol. The second-order valence-electron chi connectivity index (χ2n) is 6.21. The molecule has 2 aromatic carbocycles. The van der Waals surface area contributed by atoms with Crippen molar-refractivity contribution in [3.05, 3.63) is 59.2 Å². The molecule has 2 aromatic rings. The fraction of sp³-hybridized carbons (Fsp3) is 0.300. The SMILES string of the molecule is CN1CCc2ccc(NC(=O)c3cccc(OCCC#N)c3)cc2C1. The van der Waals surface area contributed by atoms with E-state index in [2.05, 4.69) is 29.4 Å². The smallest absolute Gasteiger partial charge is 0.255 e. The summed E-state index contributed by atoms with van der Waals surface area (Å²) in [5.41, 5.74) is 3.95. The fourth-order valence-corrected chi connectivity index (χ4v) is 2.92. The molecule has 0 spiro atoms. The average Bonchev–Trinajstić information content (AvgIpc) is 2.62. The summed E-state index contributed by atoms with van der Waals surface area (Å²) in [4.78, 5) is 14.8. The number of nitriles is 1. The molecule has 25 heavy (non-hydrogen) atoms. The topological polar surface area (TPSA) is 65.4 Å². The lowest BCUT2D eigenvalue weighted by atomic mass is 9.99. The summed E-state index contributed by atoms with van der Waals surface area (Å²) in [6.45, 7) is 2.29. The predicted octanol–water partition coefficient (Wildman–Crippen LogP) is 3.22. The summed E-state index contributed by atoms with van der Waals surface area (Å²) in [7, 11) is 2.10. The van der Waals surface area contributed by atoms with Gasteiger partial charge >= 0.3 is 0 Å². The van der Waals surface area contributed by atoms with Gasteiger partial charge in [0.1, 0.15) is 12.4 Å². The van der Waals surface area contributed by atoms with Gasteiger partial charge in [0.2, 0.25) is 0 Å². The first-order valence-corrected chi connectivity index (χ1v) is 8.37. The van der Waals surface area contributed by atoms with Crippen LogP contribution in [0.5, 0.6) is 5.75 Å². The van der Waals surface area contributed by atoms with Gasteiger partial charge < -0.3 is 15.0 Å². The number of amides is 1. The van der Waals surface area contributed by atoms with Gasteiger partial charge in [0.05, 0.1) is 12.5 Å². The van der Waals surface area contributed by atoms with Gasteiger partial charge in [-0.25, -0.2) is 0 Å². The van der Waals surface area contributed by atoms with E-state index in [9.17, 15) is 4.79 Å². The molecule has 128 valence electrons. The van der Waals surface area contributed by atoms with Gasteiger partial charge in [0.15, 0.2) is 0 Å². The molecule has 0 unspecified atom stereocenters. The number of hydrogen-bond acceptors (Lipinski definition) is 4. The van der Waals surface area contributed by atoms with Crippen LogP contribution in [0, 0.1) is 11.3 Å². The molecule has 1 aliphatic rings. The van der Waals surface area contributed by atoms with Crippen molar-refractivity contribution in [2.75, 3.05) is 25.5 Å². The van der Waals surface area contributed by atoms with Gasteiger partial charge in [-0.1, -0.05) is 12.1 Å². The minimum atomic E-state index is -0.171. The third kappa shape index (κ3) is 4.37. The Hall–Kier alpha value is -2.84. The molecule has 5 heteroatoms. The molecule has 0 bridgehead atoms. The Kier molecular flexibility index (Phi) is 5.32. The van der Waals surface area contributed by atoms with Crippen LogP contribution in [0.3, 0.4) is 0 Å². The first kappa shape index (κ1) is 17.0. The Morgan fingerprint density at radius 3 is 3.00 bits per heavy atom. The van der Waals surface area contributed by atoms with E-state index in [1.54, 1.807) is 24.3 Å². The van der Waals surface area contributed by atoms with Crippen LogP contribution in [0.25, 0.3) is 0 Å². The van der Waals surface area contributed by atoms with Crippen molar-refractivity contribution in [1.29, 1.82) is 5.26 Å². The zero-order chi connectivity index (χ0) is 17.6. The number of nitrogens with zero attached hydrogens (tertiary/aromatic N) is 2. The molecule has 1 amide bonds. The van der Waals surface area contributed by atoms with E-state index in [1.807, 2.05) is 12.1 Å². The first-order valence-electron chi connectivity index (χ1n) is 8.37. The number of ether oxygens (including phenoxy) is 1. The number of hydrogen-bond donors (Lipinski definition) is 1. The third-order valence-corrected chi connectivity index (χ3v) is 4.25. The fourth-order valence-electron chi connectivity index (χ4n) is 2.92. The highest BCUT2D eigenvalue weighted by Crippen LogP contribution is 2.22. The Bertz CT molecular complexity index is 811. The summed E-state index contributed by atoms with van der Waals surface area (Å²) in [5, 5.41) is 11.5. The van der Waals surface area contributed by atoms with Gasteiger partial charge in [-0.05, 0) is 54.9 Å². The van der Waals surface area contributed by atoms with Crippen molar-refractivity contribution in [2.45, 2.75) is 19.4 Å². The molecule has 0 saturated carbocycles. The number of likely N-dealkylation sites (N-methyl/N-ethyl adjacent to an activating group) is 1. The lowest BCUT2D eigenvalue weighted by Crippen LogP contribution is -2.26. The van der Waals surface area contributed by atoms with Crippen LogP contribution >= 0.6 is 0 Å². The predicted molar refractivity (Wildman–Crippen MR) is 96.6 cm³/mol. The second kappa shape index (κ2) is 7.82. The lowest BCUT2D eigenvalue weighted by molar-refractivity contribution is 0.102. The van der Waals surface area contributed by atoms with Crippen LogP contribution in [-0.4, -0.2) is 31.0 Å².